The molecule has 188 valence electrons. The second kappa shape index (κ2) is 10.3. The van der Waals surface area contributed by atoms with Crippen LogP contribution in [-0.2, 0) is 14.8 Å². The Morgan fingerprint density at radius 1 is 1.11 bits per heavy atom. The maximum Gasteiger partial charge on any atom is 0.245 e. The molecular formula is C20H25ClN8O5S. The molecule has 2 unspecified atom stereocenters. The van der Waals surface area contributed by atoms with Crippen LogP contribution < -0.4 is 14.2 Å². The van der Waals surface area contributed by atoms with Crippen molar-refractivity contribution in [2.75, 3.05) is 25.5 Å². The van der Waals surface area contributed by atoms with E-state index in [4.69, 9.17) is 25.8 Å². The van der Waals surface area contributed by atoms with Crippen LogP contribution in [0.5, 0.6) is 11.8 Å². The van der Waals surface area contributed by atoms with Gasteiger partial charge in [-0.15, -0.1) is 10.2 Å². The molecule has 1 fully saturated rings. The molecule has 1 aliphatic rings. The molecule has 4 heterocycles. The molecule has 3 aromatic rings. The molecule has 3 aromatic heterocycles. The summed E-state index contributed by atoms with van der Waals surface area (Å²) in [5.74, 6) is 0.363. The quantitative estimate of drug-likeness (QED) is 0.438. The van der Waals surface area contributed by atoms with Gasteiger partial charge in [0.25, 0.3) is 0 Å². The highest BCUT2D eigenvalue weighted by Crippen LogP contribution is 2.37. The van der Waals surface area contributed by atoms with Gasteiger partial charge in [0.2, 0.25) is 27.7 Å². The minimum absolute atomic E-state index is 0.0852. The van der Waals surface area contributed by atoms with E-state index in [2.05, 4.69) is 34.9 Å². The summed E-state index contributed by atoms with van der Waals surface area (Å²) in [6.07, 6.45) is 5.22. The molecule has 3 atom stereocenters. The third-order valence-corrected chi connectivity index (χ3v) is 7.80. The Labute approximate surface area is 207 Å². The van der Waals surface area contributed by atoms with E-state index in [-0.39, 0.29) is 23.4 Å². The molecule has 0 saturated carbocycles. The van der Waals surface area contributed by atoms with Crippen molar-refractivity contribution >= 4 is 27.6 Å². The second-order valence-electron chi connectivity index (χ2n) is 7.86. The van der Waals surface area contributed by atoms with Crippen molar-refractivity contribution in [2.24, 2.45) is 0 Å². The molecule has 1 saturated heterocycles. The Morgan fingerprint density at radius 2 is 1.77 bits per heavy atom. The minimum Gasteiger partial charge on any atom is -0.479 e. The molecule has 1 N–H and O–H groups in total. The highest BCUT2D eigenvalue weighted by molar-refractivity contribution is 7.93. The van der Waals surface area contributed by atoms with Crippen LogP contribution in [-0.4, -0.2) is 69.2 Å². The average molecular weight is 525 g/mol. The van der Waals surface area contributed by atoms with Gasteiger partial charge in [-0.3, -0.25) is 9.29 Å². The SMILES string of the molecule is COc1ncnc(OC)c1-n1c(NS(=O)(=O)C(C)C(C)c2ncc(Cl)cn2)nnc1[C@H]1CCCO1. The highest BCUT2D eigenvalue weighted by atomic mass is 35.5. The van der Waals surface area contributed by atoms with Crippen LogP contribution in [0, 0.1) is 0 Å². The Kier molecular flexibility index (Phi) is 7.33. The molecule has 0 amide bonds. The van der Waals surface area contributed by atoms with Crippen molar-refractivity contribution in [1.82, 2.24) is 34.7 Å². The van der Waals surface area contributed by atoms with Crippen LogP contribution in [0.15, 0.2) is 18.7 Å². The molecule has 0 radical (unpaired) electrons. The number of anilines is 1. The van der Waals surface area contributed by atoms with E-state index in [1.54, 1.807) is 13.8 Å². The summed E-state index contributed by atoms with van der Waals surface area (Å²) in [6.45, 7) is 3.82. The lowest BCUT2D eigenvalue weighted by atomic mass is 10.1. The Balaban J connectivity index is 1.76. The van der Waals surface area contributed by atoms with Crippen LogP contribution >= 0.6 is 11.6 Å². The Hall–Kier alpha value is -3.10. The van der Waals surface area contributed by atoms with E-state index in [1.165, 1.54) is 37.5 Å². The van der Waals surface area contributed by atoms with E-state index in [1.807, 2.05) is 0 Å². The number of halogens is 1. The van der Waals surface area contributed by atoms with Crippen molar-refractivity contribution in [2.45, 2.75) is 44.0 Å². The van der Waals surface area contributed by atoms with E-state index in [0.29, 0.717) is 29.7 Å². The molecule has 0 aliphatic carbocycles. The molecular weight excluding hydrogens is 500 g/mol. The summed E-state index contributed by atoms with van der Waals surface area (Å²) in [5, 5.41) is 7.79. The average Bonchev–Trinajstić information content (AvgIpc) is 3.52. The second-order valence-corrected chi connectivity index (χ2v) is 10.3. The molecule has 0 bridgehead atoms. The summed E-state index contributed by atoms with van der Waals surface area (Å²) < 4.78 is 47.4. The van der Waals surface area contributed by atoms with Gasteiger partial charge in [0.1, 0.15) is 18.3 Å². The number of ether oxygens (including phenoxy) is 3. The zero-order valence-corrected chi connectivity index (χ0v) is 21.1. The van der Waals surface area contributed by atoms with E-state index in [0.717, 1.165) is 6.42 Å². The normalized spacial score (nSPS) is 17.7. The van der Waals surface area contributed by atoms with Crippen molar-refractivity contribution in [3.05, 3.63) is 35.4 Å². The number of nitrogens with zero attached hydrogens (tertiary/aromatic N) is 7. The lowest BCUT2D eigenvalue weighted by molar-refractivity contribution is 0.103. The largest absolute Gasteiger partial charge is 0.479 e. The van der Waals surface area contributed by atoms with Crippen LogP contribution in [0.1, 0.15) is 50.4 Å². The molecule has 15 heteroatoms. The third kappa shape index (κ3) is 4.99. The summed E-state index contributed by atoms with van der Waals surface area (Å²) in [4.78, 5) is 16.6. The van der Waals surface area contributed by atoms with E-state index < -0.39 is 27.3 Å². The first-order chi connectivity index (χ1) is 16.8. The zero-order valence-electron chi connectivity index (χ0n) is 19.5. The van der Waals surface area contributed by atoms with E-state index in [9.17, 15) is 8.42 Å². The fourth-order valence-electron chi connectivity index (χ4n) is 3.67. The predicted octanol–water partition coefficient (Wildman–Crippen LogP) is 2.30. The number of rotatable bonds is 9. The van der Waals surface area contributed by atoms with Crippen LogP contribution in [0.2, 0.25) is 5.02 Å². The summed E-state index contributed by atoms with van der Waals surface area (Å²) in [7, 11) is -1.14. The molecule has 4 rings (SSSR count). The fourth-order valence-corrected chi connectivity index (χ4v) is 5.00. The number of sulfonamides is 1. The number of hydrogen-bond donors (Lipinski definition) is 1. The smallest absolute Gasteiger partial charge is 0.245 e. The first-order valence-electron chi connectivity index (χ1n) is 10.8. The van der Waals surface area contributed by atoms with Crippen LogP contribution in [0.3, 0.4) is 0 Å². The van der Waals surface area contributed by atoms with Gasteiger partial charge >= 0.3 is 0 Å². The number of hydrogen-bond acceptors (Lipinski definition) is 11. The van der Waals surface area contributed by atoms with Crippen molar-refractivity contribution < 1.29 is 22.6 Å². The summed E-state index contributed by atoms with van der Waals surface area (Å²) in [6, 6.07) is 0. The Bertz CT molecular complexity index is 1260. The first-order valence-corrected chi connectivity index (χ1v) is 12.7. The number of aromatic nitrogens is 7. The first kappa shape index (κ1) is 25.0. The van der Waals surface area contributed by atoms with Gasteiger partial charge in [0, 0.05) is 24.9 Å². The van der Waals surface area contributed by atoms with Crippen LogP contribution in [0.4, 0.5) is 5.95 Å². The standard InChI is InChI=1S/C20H25ClN8O5S/c1-11(16-22-8-13(21)9-23-16)12(2)35(30,31)28-20-27-26-17(14-6-5-7-34-14)29(20)15-18(32-3)24-10-25-19(15)33-4/h8-12,14H,5-7H2,1-4H3,(H,27,28)/t11?,12?,14-/m1/s1. The van der Waals surface area contributed by atoms with Gasteiger partial charge < -0.3 is 14.2 Å². The van der Waals surface area contributed by atoms with Crippen molar-refractivity contribution in [3.63, 3.8) is 0 Å². The molecule has 35 heavy (non-hydrogen) atoms. The maximum absolute atomic E-state index is 13.4. The van der Waals surface area contributed by atoms with Gasteiger partial charge in [-0.2, -0.15) is 9.97 Å². The van der Waals surface area contributed by atoms with Gasteiger partial charge in [0.15, 0.2) is 11.5 Å². The highest BCUT2D eigenvalue weighted by Gasteiger charge is 2.34. The van der Waals surface area contributed by atoms with Crippen molar-refractivity contribution in [3.8, 4) is 17.4 Å². The molecule has 1 aliphatic heterocycles. The zero-order chi connectivity index (χ0) is 25.2. The van der Waals surface area contributed by atoms with Crippen molar-refractivity contribution in [1.29, 1.82) is 0 Å². The van der Waals surface area contributed by atoms with E-state index >= 15 is 0 Å². The van der Waals surface area contributed by atoms with Crippen LogP contribution in [0.25, 0.3) is 5.69 Å². The summed E-state index contributed by atoms with van der Waals surface area (Å²) in [5.41, 5.74) is 0.243. The van der Waals surface area contributed by atoms with Gasteiger partial charge in [-0.1, -0.05) is 18.5 Å². The topological polar surface area (TPSA) is 156 Å². The number of nitrogens with one attached hydrogen (secondary N) is 1. The van der Waals surface area contributed by atoms with Gasteiger partial charge in [-0.25, -0.2) is 18.4 Å². The third-order valence-electron chi connectivity index (χ3n) is 5.75. The Morgan fingerprint density at radius 3 is 2.34 bits per heavy atom. The minimum atomic E-state index is -4.00. The van der Waals surface area contributed by atoms with Gasteiger partial charge in [0.05, 0.1) is 24.5 Å². The summed E-state index contributed by atoms with van der Waals surface area (Å²) >= 11 is 5.86. The molecule has 0 aromatic carbocycles. The lowest BCUT2D eigenvalue weighted by Crippen LogP contribution is -2.31. The lowest BCUT2D eigenvalue weighted by Gasteiger charge is -2.21. The molecule has 13 nitrogen and oxygen atoms in total. The monoisotopic (exact) mass is 524 g/mol. The van der Waals surface area contributed by atoms with Gasteiger partial charge in [-0.05, 0) is 19.8 Å². The molecule has 0 spiro atoms. The number of methoxy groups -OCH3 is 2. The fraction of sp³-hybridized carbons (Fsp3) is 0.500. The predicted molar refractivity (Wildman–Crippen MR) is 125 cm³/mol. The maximum atomic E-state index is 13.4.